The van der Waals surface area contributed by atoms with E-state index in [9.17, 15) is 14.9 Å². The van der Waals surface area contributed by atoms with Gasteiger partial charge in [0.1, 0.15) is 0 Å². The summed E-state index contributed by atoms with van der Waals surface area (Å²) in [5.74, 6) is -0.687. The minimum atomic E-state index is -0.687. The van der Waals surface area contributed by atoms with Gasteiger partial charge in [0.25, 0.3) is 5.69 Å². The lowest BCUT2D eigenvalue weighted by Crippen LogP contribution is -2.11. The summed E-state index contributed by atoms with van der Waals surface area (Å²) < 4.78 is 0.931. The quantitative estimate of drug-likeness (QED) is 0.672. The van der Waals surface area contributed by atoms with E-state index in [1.165, 1.54) is 30.0 Å². The minimum Gasteiger partial charge on any atom is -0.366 e. The average molecular weight is 353 g/mol. The van der Waals surface area contributed by atoms with E-state index in [4.69, 9.17) is 5.73 Å². The first-order valence-electron chi connectivity index (χ1n) is 5.49. The van der Waals surface area contributed by atoms with Crippen LogP contribution in [0.4, 0.5) is 5.69 Å². The number of primary amides is 1. The van der Waals surface area contributed by atoms with E-state index >= 15 is 0 Å². The number of benzene rings is 2. The van der Waals surface area contributed by atoms with E-state index in [-0.39, 0.29) is 11.3 Å². The summed E-state index contributed by atoms with van der Waals surface area (Å²) in [5, 5.41) is 11.1. The Hall–Kier alpha value is -1.86. The molecule has 0 aliphatic carbocycles. The van der Waals surface area contributed by atoms with E-state index < -0.39 is 10.8 Å². The Balaban J connectivity index is 2.38. The summed E-state index contributed by atoms with van der Waals surface area (Å²) in [7, 11) is 0. The molecule has 0 fully saturated rings. The second kappa shape index (κ2) is 6.06. The molecule has 5 nitrogen and oxygen atoms in total. The number of amides is 1. The van der Waals surface area contributed by atoms with Gasteiger partial charge in [-0.1, -0.05) is 27.7 Å². The van der Waals surface area contributed by atoms with Crippen LogP contribution in [0.3, 0.4) is 0 Å². The van der Waals surface area contributed by atoms with Crippen LogP contribution in [-0.2, 0) is 0 Å². The Bertz CT molecular complexity index is 674. The van der Waals surface area contributed by atoms with Crippen molar-refractivity contribution in [1.29, 1.82) is 0 Å². The van der Waals surface area contributed by atoms with Gasteiger partial charge in [-0.15, -0.1) is 0 Å². The summed E-state index contributed by atoms with van der Waals surface area (Å²) in [5.41, 5.74) is 5.12. The topological polar surface area (TPSA) is 86.2 Å². The van der Waals surface area contributed by atoms with Crippen molar-refractivity contribution in [2.45, 2.75) is 9.79 Å². The highest BCUT2D eigenvalue weighted by atomic mass is 79.9. The largest absolute Gasteiger partial charge is 0.366 e. The lowest BCUT2D eigenvalue weighted by atomic mass is 10.2. The average Bonchev–Trinajstić information content (AvgIpc) is 2.41. The Morgan fingerprint density at radius 2 is 1.85 bits per heavy atom. The van der Waals surface area contributed by atoms with Gasteiger partial charge in [0.2, 0.25) is 5.91 Å². The Kier molecular flexibility index (Phi) is 4.41. The Morgan fingerprint density at radius 3 is 2.40 bits per heavy atom. The zero-order valence-electron chi connectivity index (χ0n) is 10.1. The number of nitro groups is 1. The van der Waals surface area contributed by atoms with Crippen molar-refractivity contribution in [3.8, 4) is 0 Å². The monoisotopic (exact) mass is 352 g/mol. The van der Waals surface area contributed by atoms with Gasteiger partial charge in [0.15, 0.2) is 0 Å². The molecule has 20 heavy (non-hydrogen) atoms. The molecule has 102 valence electrons. The predicted molar refractivity (Wildman–Crippen MR) is 79.9 cm³/mol. The molecule has 0 aromatic heterocycles. The van der Waals surface area contributed by atoms with Gasteiger partial charge in [0, 0.05) is 21.0 Å². The van der Waals surface area contributed by atoms with Gasteiger partial charge >= 0.3 is 0 Å². The lowest BCUT2D eigenvalue weighted by Gasteiger charge is -2.04. The van der Waals surface area contributed by atoms with Crippen molar-refractivity contribution < 1.29 is 9.72 Å². The van der Waals surface area contributed by atoms with Crippen LogP contribution in [0.25, 0.3) is 0 Å². The van der Waals surface area contributed by atoms with E-state index in [1.807, 2.05) is 24.3 Å². The van der Waals surface area contributed by atoms with Crippen molar-refractivity contribution in [2.75, 3.05) is 0 Å². The van der Waals surface area contributed by atoms with Crippen LogP contribution in [0.1, 0.15) is 10.4 Å². The standard InChI is InChI=1S/C13H9BrN2O3S/c14-9-2-4-10(5-3-9)20-12-6-1-8(13(15)17)7-11(12)16(18)19/h1-7H,(H2,15,17). The van der Waals surface area contributed by atoms with E-state index in [0.717, 1.165) is 9.37 Å². The highest BCUT2D eigenvalue weighted by Crippen LogP contribution is 2.35. The van der Waals surface area contributed by atoms with E-state index in [2.05, 4.69) is 15.9 Å². The molecule has 0 saturated carbocycles. The Labute approximate surface area is 127 Å². The number of nitrogens with two attached hydrogens (primary N) is 1. The molecule has 0 unspecified atom stereocenters. The second-order valence-electron chi connectivity index (χ2n) is 3.86. The van der Waals surface area contributed by atoms with Gasteiger partial charge in [-0.3, -0.25) is 14.9 Å². The van der Waals surface area contributed by atoms with Gasteiger partial charge < -0.3 is 5.73 Å². The van der Waals surface area contributed by atoms with Crippen LogP contribution in [0.2, 0.25) is 0 Å². The summed E-state index contributed by atoms with van der Waals surface area (Å²) in [6.07, 6.45) is 0. The lowest BCUT2D eigenvalue weighted by molar-refractivity contribution is -0.387. The summed E-state index contributed by atoms with van der Waals surface area (Å²) >= 11 is 4.58. The maximum absolute atomic E-state index is 11.1. The molecule has 2 aromatic carbocycles. The second-order valence-corrected chi connectivity index (χ2v) is 5.89. The van der Waals surface area contributed by atoms with Crippen molar-refractivity contribution in [1.82, 2.24) is 0 Å². The third-order valence-corrected chi connectivity index (χ3v) is 4.08. The number of nitrogens with zero attached hydrogens (tertiary/aromatic N) is 1. The molecule has 0 aliphatic heterocycles. The summed E-state index contributed by atoms with van der Waals surface area (Å²) in [6, 6.07) is 11.6. The third kappa shape index (κ3) is 3.37. The number of carbonyl (C=O) groups is 1. The van der Waals surface area contributed by atoms with Crippen molar-refractivity contribution in [3.05, 3.63) is 62.6 Å². The molecular weight excluding hydrogens is 344 g/mol. The number of hydrogen-bond donors (Lipinski definition) is 1. The van der Waals surface area contributed by atoms with Gasteiger partial charge in [0.05, 0.1) is 9.82 Å². The number of hydrogen-bond acceptors (Lipinski definition) is 4. The number of halogens is 1. The summed E-state index contributed by atoms with van der Waals surface area (Å²) in [4.78, 5) is 22.9. The number of carbonyl (C=O) groups excluding carboxylic acids is 1. The van der Waals surface area contributed by atoms with Crippen LogP contribution < -0.4 is 5.73 Å². The number of nitro benzene ring substituents is 1. The van der Waals surface area contributed by atoms with Crippen molar-refractivity contribution in [2.24, 2.45) is 5.73 Å². The first-order chi connectivity index (χ1) is 9.47. The minimum absolute atomic E-state index is 0.122. The molecule has 0 bridgehead atoms. The van der Waals surface area contributed by atoms with E-state index in [0.29, 0.717) is 4.90 Å². The molecular formula is C13H9BrN2O3S. The van der Waals surface area contributed by atoms with Crippen molar-refractivity contribution in [3.63, 3.8) is 0 Å². The zero-order valence-corrected chi connectivity index (χ0v) is 12.5. The van der Waals surface area contributed by atoms with Gasteiger partial charge in [-0.2, -0.15) is 0 Å². The zero-order chi connectivity index (χ0) is 14.7. The SMILES string of the molecule is NC(=O)c1ccc(Sc2ccc(Br)cc2)c([N+](=O)[O-])c1. The molecule has 0 radical (unpaired) electrons. The van der Waals surface area contributed by atoms with Gasteiger partial charge in [-0.05, 0) is 36.4 Å². The first kappa shape index (κ1) is 14.5. The smallest absolute Gasteiger partial charge is 0.284 e. The normalized spacial score (nSPS) is 10.2. The molecule has 0 spiro atoms. The predicted octanol–water partition coefficient (Wildman–Crippen LogP) is 3.61. The maximum atomic E-state index is 11.1. The molecule has 7 heteroatoms. The van der Waals surface area contributed by atoms with Crippen LogP contribution in [0.5, 0.6) is 0 Å². The number of rotatable bonds is 4. The van der Waals surface area contributed by atoms with Crippen LogP contribution in [0.15, 0.2) is 56.7 Å². The van der Waals surface area contributed by atoms with Crippen LogP contribution >= 0.6 is 27.7 Å². The first-order valence-corrected chi connectivity index (χ1v) is 7.10. The fraction of sp³-hybridized carbons (Fsp3) is 0. The third-order valence-electron chi connectivity index (χ3n) is 2.48. The molecule has 0 heterocycles. The van der Waals surface area contributed by atoms with Crippen molar-refractivity contribution >= 4 is 39.3 Å². The fourth-order valence-electron chi connectivity index (χ4n) is 1.53. The molecule has 1 amide bonds. The van der Waals surface area contributed by atoms with Gasteiger partial charge in [-0.25, -0.2) is 0 Å². The van der Waals surface area contributed by atoms with Crippen LogP contribution in [0, 0.1) is 10.1 Å². The fourth-order valence-corrected chi connectivity index (χ4v) is 2.69. The molecule has 2 N–H and O–H groups in total. The highest BCUT2D eigenvalue weighted by Gasteiger charge is 2.17. The highest BCUT2D eigenvalue weighted by molar-refractivity contribution is 9.10. The summed E-state index contributed by atoms with van der Waals surface area (Å²) in [6.45, 7) is 0. The molecule has 0 aliphatic rings. The van der Waals surface area contributed by atoms with Crippen LogP contribution in [-0.4, -0.2) is 10.8 Å². The molecule has 2 aromatic rings. The molecule has 0 atom stereocenters. The molecule has 0 saturated heterocycles. The van der Waals surface area contributed by atoms with E-state index in [1.54, 1.807) is 0 Å². The Morgan fingerprint density at radius 1 is 1.20 bits per heavy atom. The maximum Gasteiger partial charge on any atom is 0.284 e. The molecule has 2 rings (SSSR count).